The van der Waals surface area contributed by atoms with E-state index in [4.69, 9.17) is 9.47 Å². The first kappa shape index (κ1) is 39.0. The number of methoxy groups -OCH3 is 1. The molecule has 0 radical (unpaired) electrons. The van der Waals surface area contributed by atoms with Crippen molar-refractivity contribution in [1.82, 2.24) is 20.2 Å². The van der Waals surface area contributed by atoms with Gasteiger partial charge in [0.15, 0.2) is 5.82 Å². The highest BCUT2D eigenvalue weighted by molar-refractivity contribution is 5.98. The smallest absolute Gasteiger partial charge is 0.326 e. The molecule has 0 spiro atoms. The van der Waals surface area contributed by atoms with Crippen LogP contribution in [0.1, 0.15) is 94.1 Å². The molecule has 3 aromatic carbocycles. The Balaban J connectivity index is 1.27. The van der Waals surface area contributed by atoms with Crippen molar-refractivity contribution in [2.24, 2.45) is 0 Å². The summed E-state index contributed by atoms with van der Waals surface area (Å²) >= 11 is 0. The molecule has 10 nitrogen and oxygen atoms in total. The summed E-state index contributed by atoms with van der Waals surface area (Å²) in [5.74, 6) is 0.0644. The minimum atomic E-state index is -1.05. The highest BCUT2D eigenvalue weighted by atomic mass is 16.5. The first-order valence-electron chi connectivity index (χ1n) is 18.7. The number of likely N-dealkylation sites (tertiary alicyclic amines) is 1. The molecule has 1 fully saturated rings. The van der Waals surface area contributed by atoms with Gasteiger partial charge in [-0.2, -0.15) is 0 Å². The van der Waals surface area contributed by atoms with Crippen LogP contribution in [0.4, 0.5) is 0 Å². The van der Waals surface area contributed by atoms with Crippen molar-refractivity contribution >= 4 is 17.8 Å². The lowest BCUT2D eigenvalue weighted by Gasteiger charge is -2.28. The standard InChI is InChI=1S/C43H52N4O6/c1-6-7-8-9-10-24-53-34-20-17-30(18-21-34)33-27-44-39(45-28-33)31-15-13-29(14-16-31)25-36(41(49)47-23-11-12-37(47)42(50)51)46-40(48)32-19-22-35(43(2,3)4)38(26-32)52-5/h13-22,26-28,36-37H,6-12,23-25H2,1-5H3,(H,46,48)(H,50,51)/t36-,37-/m0/s1. The lowest BCUT2D eigenvalue weighted by atomic mass is 9.85. The Morgan fingerprint density at radius 3 is 2.23 bits per heavy atom. The Morgan fingerprint density at radius 1 is 0.906 bits per heavy atom. The number of ether oxygens (including phenoxy) is 2. The molecule has 1 aliphatic rings. The van der Waals surface area contributed by atoms with Gasteiger partial charge in [-0.3, -0.25) is 9.59 Å². The normalized spacial score (nSPS) is 14.8. The maximum atomic E-state index is 13.9. The molecule has 280 valence electrons. The van der Waals surface area contributed by atoms with Crippen LogP contribution in [-0.4, -0.2) is 70.1 Å². The first-order chi connectivity index (χ1) is 25.5. The van der Waals surface area contributed by atoms with E-state index in [1.165, 1.54) is 30.6 Å². The number of unbranched alkanes of at least 4 members (excludes halogenated alkanes) is 4. The summed E-state index contributed by atoms with van der Waals surface area (Å²) in [6.45, 7) is 9.44. The number of carboxylic acid groups (broad SMARTS) is 1. The zero-order valence-electron chi connectivity index (χ0n) is 31.6. The highest BCUT2D eigenvalue weighted by Gasteiger charge is 2.38. The molecule has 10 heteroatoms. The Labute approximate surface area is 313 Å². The predicted octanol–water partition coefficient (Wildman–Crippen LogP) is 7.88. The molecule has 2 amide bonds. The summed E-state index contributed by atoms with van der Waals surface area (Å²) < 4.78 is 11.5. The number of aliphatic carboxylic acids is 1. The van der Waals surface area contributed by atoms with E-state index in [9.17, 15) is 19.5 Å². The fourth-order valence-electron chi connectivity index (χ4n) is 6.67. The minimum Gasteiger partial charge on any atom is -0.496 e. The number of hydrogen-bond acceptors (Lipinski definition) is 7. The van der Waals surface area contributed by atoms with Gasteiger partial charge in [0.1, 0.15) is 23.6 Å². The summed E-state index contributed by atoms with van der Waals surface area (Å²) in [5.41, 5.74) is 4.57. The molecule has 2 atom stereocenters. The maximum absolute atomic E-state index is 13.9. The van der Waals surface area contributed by atoms with Gasteiger partial charge in [-0.15, -0.1) is 0 Å². The van der Waals surface area contributed by atoms with E-state index in [1.807, 2.05) is 54.6 Å². The molecule has 0 saturated carbocycles. The van der Waals surface area contributed by atoms with Gasteiger partial charge in [-0.1, -0.05) is 95.8 Å². The number of amides is 2. The van der Waals surface area contributed by atoms with Crippen molar-refractivity contribution in [2.45, 2.75) is 96.6 Å². The van der Waals surface area contributed by atoms with Gasteiger partial charge in [0.05, 0.1) is 13.7 Å². The van der Waals surface area contributed by atoms with Crippen LogP contribution in [0.3, 0.4) is 0 Å². The number of carboxylic acids is 1. The molecular weight excluding hydrogens is 668 g/mol. The maximum Gasteiger partial charge on any atom is 0.326 e. The largest absolute Gasteiger partial charge is 0.496 e. The van der Waals surface area contributed by atoms with Crippen molar-refractivity contribution < 1.29 is 29.0 Å². The van der Waals surface area contributed by atoms with Crippen LogP contribution in [0, 0.1) is 0 Å². The minimum absolute atomic E-state index is 0.170. The summed E-state index contributed by atoms with van der Waals surface area (Å²) in [6, 6.07) is 18.8. The van der Waals surface area contributed by atoms with Crippen LogP contribution in [0.5, 0.6) is 11.5 Å². The molecule has 1 aliphatic heterocycles. The Hall–Kier alpha value is -5.25. The summed E-state index contributed by atoms with van der Waals surface area (Å²) in [6.07, 6.45) is 10.7. The number of carbonyl (C=O) groups excluding carboxylic acids is 2. The van der Waals surface area contributed by atoms with E-state index in [1.54, 1.807) is 31.6 Å². The third-order valence-electron chi connectivity index (χ3n) is 9.70. The Morgan fingerprint density at radius 2 is 1.58 bits per heavy atom. The Kier molecular flexibility index (Phi) is 13.2. The molecule has 2 heterocycles. The summed E-state index contributed by atoms with van der Waals surface area (Å²) in [5, 5.41) is 12.7. The summed E-state index contributed by atoms with van der Waals surface area (Å²) in [4.78, 5) is 50.0. The average Bonchev–Trinajstić information content (AvgIpc) is 3.66. The topological polar surface area (TPSA) is 131 Å². The van der Waals surface area contributed by atoms with Gasteiger partial charge in [-0.05, 0) is 65.6 Å². The number of nitrogens with zero attached hydrogens (tertiary/aromatic N) is 3. The molecule has 4 aromatic rings. The zero-order valence-corrected chi connectivity index (χ0v) is 31.6. The van der Waals surface area contributed by atoms with Crippen LogP contribution >= 0.6 is 0 Å². The quantitative estimate of drug-likeness (QED) is 0.112. The third-order valence-corrected chi connectivity index (χ3v) is 9.70. The van der Waals surface area contributed by atoms with Crippen LogP contribution in [-0.2, 0) is 21.4 Å². The lowest BCUT2D eigenvalue weighted by Crippen LogP contribution is -2.52. The number of carbonyl (C=O) groups is 3. The number of rotatable bonds is 16. The molecule has 0 aliphatic carbocycles. The fourth-order valence-corrected chi connectivity index (χ4v) is 6.67. The van der Waals surface area contributed by atoms with Crippen molar-refractivity contribution in [1.29, 1.82) is 0 Å². The van der Waals surface area contributed by atoms with Gasteiger partial charge in [0, 0.05) is 42.0 Å². The van der Waals surface area contributed by atoms with E-state index in [0.717, 1.165) is 46.6 Å². The average molecular weight is 721 g/mol. The van der Waals surface area contributed by atoms with Gasteiger partial charge < -0.3 is 24.8 Å². The van der Waals surface area contributed by atoms with E-state index >= 15 is 0 Å². The molecule has 5 rings (SSSR count). The van der Waals surface area contributed by atoms with Crippen LogP contribution < -0.4 is 14.8 Å². The third kappa shape index (κ3) is 10.2. The predicted molar refractivity (Wildman–Crippen MR) is 206 cm³/mol. The van der Waals surface area contributed by atoms with E-state index < -0.39 is 29.9 Å². The van der Waals surface area contributed by atoms with Crippen molar-refractivity contribution in [3.05, 3.63) is 95.8 Å². The van der Waals surface area contributed by atoms with Crippen molar-refractivity contribution in [2.75, 3.05) is 20.3 Å². The van der Waals surface area contributed by atoms with E-state index in [2.05, 4.69) is 43.0 Å². The van der Waals surface area contributed by atoms with Crippen LogP contribution in [0.2, 0.25) is 0 Å². The first-order valence-corrected chi connectivity index (χ1v) is 18.7. The molecule has 2 N–H and O–H groups in total. The number of benzene rings is 3. The molecule has 0 unspecified atom stereocenters. The Bertz CT molecular complexity index is 1840. The second-order valence-electron chi connectivity index (χ2n) is 14.7. The number of nitrogens with one attached hydrogen (secondary N) is 1. The molecule has 53 heavy (non-hydrogen) atoms. The zero-order chi connectivity index (χ0) is 38.0. The van der Waals surface area contributed by atoms with Crippen LogP contribution in [0.15, 0.2) is 79.1 Å². The van der Waals surface area contributed by atoms with E-state index in [-0.39, 0.29) is 11.8 Å². The molecule has 1 aromatic heterocycles. The second kappa shape index (κ2) is 18.0. The van der Waals surface area contributed by atoms with Gasteiger partial charge in [0.2, 0.25) is 5.91 Å². The number of hydrogen-bond donors (Lipinski definition) is 2. The fraction of sp³-hybridized carbons (Fsp3) is 0.419. The van der Waals surface area contributed by atoms with Crippen molar-refractivity contribution in [3.63, 3.8) is 0 Å². The molecular formula is C43H52N4O6. The van der Waals surface area contributed by atoms with Gasteiger partial charge in [0.25, 0.3) is 5.91 Å². The monoisotopic (exact) mass is 720 g/mol. The second-order valence-corrected chi connectivity index (χ2v) is 14.7. The SMILES string of the molecule is CCCCCCCOc1ccc(-c2cnc(-c3ccc(C[C@H](NC(=O)c4ccc(C(C)(C)C)c(OC)c4)C(=O)N4CCC[C@H]4C(=O)O)cc3)nc2)cc1. The number of aromatic nitrogens is 2. The molecule has 1 saturated heterocycles. The lowest BCUT2D eigenvalue weighted by molar-refractivity contribution is -0.148. The van der Waals surface area contributed by atoms with Crippen molar-refractivity contribution in [3.8, 4) is 34.0 Å². The molecule has 0 bridgehead atoms. The van der Waals surface area contributed by atoms with Crippen LogP contribution in [0.25, 0.3) is 22.5 Å². The van der Waals surface area contributed by atoms with Gasteiger partial charge >= 0.3 is 5.97 Å². The van der Waals surface area contributed by atoms with E-state index in [0.29, 0.717) is 36.5 Å². The summed E-state index contributed by atoms with van der Waals surface area (Å²) in [7, 11) is 1.56. The van der Waals surface area contributed by atoms with Gasteiger partial charge in [-0.25, -0.2) is 14.8 Å². The highest BCUT2D eigenvalue weighted by Crippen LogP contribution is 2.32.